The van der Waals surface area contributed by atoms with Crippen molar-refractivity contribution in [3.05, 3.63) is 91.5 Å². The molecule has 1 N–H and O–H groups in total. The zero-order chi connectivity index (χ0) is 16.8. The highest BCUT2D eigenvalue weighted by Crippen LogP contribution is 2.18. The number of ketones is 1. The molecule has 0 aliphatic rings. The number of rotatable bonds is 4. The number of carbonyl (C=O) groups is 1. The lowest BCUT2D eigenvalue weighted by Gasteiger charge is -2.09. The van der Waals surface area contributed by atoms with Gasteiger partial charge in [0.1, 0.15) is 0 Å². The van der Waals surface area contributed by atoms with E-state index < -0.39 is 0 Å². The monoisotopic (exact) mass is 295 g/mol. The minimum absolute atomic E-state index is 0.0575. The van der Waals surface area contributed by atoms with Crippen LogP contribution in [0.25, 0.3) is 0 Å². The molecule has 0 aliphatic carbocycles. The van der Waals surface area contributed by atoms with Crippen molar-refractivity contribution in [1.29, 1.82) is 0 Å². The van der Waals surface area contributed by atoms with E-state index in [4.69, 9.17) is 0 Å². The first-order valence-electron chi connectivity index (χ1n) is 7.24. The predicted molar refractivity (Wildman–Crippen MR) is 97.6 cm³/mol. The van der Waals surface area contributed by atoms with Crippen LogP contribution in [0.15, 0.2) is 80.4 Å². The highest BCUT2D eigenvalue weighted by Gasteiger charge is 2.11. The number of benzene rings is 2. The van der Waals surface area contributed by atoms with Gasteiger partial charge < -0.3 is 5.32 Å². The number of allylic oxidation sites excluding steroid dienone is 1. The van der Waals surface area contributed by atoms with Gasteiger partial charge in [0, 0.05) is 23.4 Å². The molecule has 0 amide bonds. The van der Waals surface area contributed by atoms with Crippen molar-refractivity contribution >= 4 is 11.5 Å². The molecule has 0 saturated heterocycles. The summed E-state index contributed by atoms with van der Waals surface area (Å²) in [4.78, 5) is 12.3. The fraction of sp³-hybridized carbons (Fsp3) is 0.150. The lowest BCUT2D eigenvalue weighted by atomic mass is 10.0. The molecule has 2 heteroatoms. The molecule has 0 radical (unpaired) electrons. The number of carbonyl (C=O) groups excluding carboxylic acids is 1. The van der Waals surface area contributed by atoms with Gasteiger partial charge in [-0.15, -0.1) is 19.7 Å². The summed E-state index contributed by atoms with van der Waals surface area (Å²) in [6, 6.07) is 16.9. The van der Waals surface area contributed by atoms with Gasteiger partial charge in [0.25, 0.3) is 0 Å². The van der Waals surface area contributed by atoms with Gasteiger partial charge in [-0.2, -0.15) is 0 Å². The van der Waals surface area contributed by atoms with Gasteiger partial charge >= 0.3 is 0 Å². The van der Waals surface area contributed by atoms with Crippen LogP contribution in [0.1, 0.15) is 29.8 Å². The van der Waals surface area contributed by atoms with Crippen LogP contribution in [0.3, 0.4) is 0 Å². The smallest absolute Gasteiger partial charge is 0.195 e. The Morgan fingerprint density at radius 1 is 1.05 bits per heavy atom. The molecular weight excluding hydrogens is 270 g/mol. The van der Waals surface area contributed by atoms with E-state index in [2.05, 4.69) is 25.1 Å². The zero-order valence-corrected chi connectivity index (χ0v) is 13.5. The van der Waals surface area contributed by atoms with Crippen molar-refractivity contribution in [2.45, 2.75) is 13.8 Å². The van der Waals surface area contributed by atoms with E-state index in [9.17, 15) is 4.79 Å². The van der Waals surface area contributed by atoms with Crippen LogP contribution < -0.4 is 5.32 Å². The Balaban J connectivity index is 0.000000789. The minimum atomic E-state index is 0.0575. The molecule has 0 atom stereocenters. The van der Waals surface area contributed by atoms with E-state index in [1.165, 1.54) is 0 Å². The van der Waals surface area contributed by atoms with E-state index in [0.29, 0.717) is 0 Å². The van der Waals surface area contributed by atoms with Crippen LogP contribution in [0, 0.1) is 0 Å². The van der Waals surface area contributed by atoms with Crippen molar-refractivity contribution in [2.24, 2.45) is 0 Å². The Morgan fingerprint density at radius 3 is 2.09 bits per heavy atom. The molecule has 2 nitrogen and oxygen atoms in total. The number of hydrogen-bond acceptors (Lipinski definition) is 2. The molecule has 2 aromatic rings. The molecule has 0 fully saturated rings. The molecule has 0 aliphatic heterocycles. The summed E-state index contributed by atoms with van der Waals surface area (Å²) in [7, 11) is 0. The Kier molecular flexibility index (Phi) is 10.7. The number of hydrogen-bond donors (Lipinski definition) is 1. The molecule has 0 unspecified atom stereocenters. The summed E-state index contributed by atoms with van der Waals surface area (Å²) in [5.41, 5.74) is 2.34. The standard InChI is InChI=1S/C15H15NO.C3H6.C2H4/c1-2-16-14-11-7-6-10-13(14)15(17)12-8-4-3-5-9-12;1-3-2;1-2/h3-11,16H,2H2,1H3;3H,1H2,2H3;1-2H2. The molecule has 2 rings (SSSR count). The van der Waals surface area contributed by atoms with Gasteiger partial charge in [0.15, 0.2) is 5.78 Å². The third-order valence-corrected chi connectivity index (χ3v) is 2.57. The summed E-state index contributed by atoms with van der Waals surface area (Å²) >= 11 is 0. The lowest BCUT2D eigenvalue weighted by Crippen LogP contribution is -2.07. The maximum atomic E-state index is 12.3. The van der Waals surface area contributed by atoms with Gasteiger partial charge in [0.2, 0.25) is 0 Å². The van der Waals surface area contributed by atoms with Gasteiger partial charge in [-0.1, -0.05) is 48.5 Å². The first kappa shape index (κ1) is 19.4. The lowest BCUT2D eigenvalue weighted by molar-refractivity contribution is 0.103. The van der Waals surface area contributed by atoms with Crippen LogP contribution in [0.2, 0.25) is 0 Å². The molecule has 116 valence electrons. The summed E-state index contributed by atoms with van der Waals surface area (Å²) in [6.45, 7) is 14.1. The van der Waals surface area contributed by atoms with Crippen molar-refractivity contribution in [1.82, 2.24) is 0 Å². The minimum Gasteiger partial charge on any atom is -0.385 e. The number of nitrogens with one attached hydrogen (secondary N) is 1. The average Bonchev–Trinajstić information content (AvgIpc) is 2.58. The largest absolute Gasteiger partial charge is 0.385 e. The molecule has 2 aromatic carbocycles. The Labute approximate surface area is 134 Å². The van der Waals surface area contributed by atoms with Gasteiger partial charge in [0.05, 0.1) is 0 Å². The first-order valence-corrected chi connectivity index (χ1v) is 7.24. The van der Waals surface area contributed by atoms with E-state index in [-0.39, 0.29) is 5.78 Å². The second-order valence-electron chi connectivity index (χ2n) is 4.18. The molecular formula is C20H25NO. The average molecular weight is 295 g/mol. The Morgan fingerprint density at radius 2 is 1.55 bits per heavy atom. The van der Waals surface area contributed by atoms with E-state index in [0.717, 1.165) is 23.4 Å². The SMILES string of the molecule is C=C.C=CC.CCNc1ccccc1C(=O)c1ccccc1. The van der Waals surface area contributed by atoms with Crippen LogP contribution in [-0.2, 0) is 0 Å². The summed E-state index contributed by atoms with van der Waals surface area (Å²) in [5, 5.41) is 3.21. The van der Waals surface area contributed by atoms with Crippen molar-refractivity contribution in [2.75, 3.05) is 11.9 Å². The first-order chi connectivity index (χ1) is 10.7. The van der Waals surface area contributed by atoms with E-state index >= 15 is 0 Å². The molecule has 0 spiro atoms. The molecule has 22 heavy (non-hydrogen) atoms. The third kappa shape index (κ3) is 6.23. The van der Waals surface area contributed by atoms with Gasteiger partial charge in [-0.3, -0.25) is 4.79 Å². The normalized spacial score (nSPS) is 8.45. The van der Waals surface area contributed by atoms with Crippen LogP contribution in [-0.4, -0.2) is 12.3 Å². The third-order valence-electron chi connectivity index (χ3n) is 2.57. The highest BCUT2D eigenvalue weighted by molar-refractivity contribution is 6.12. The fourth-order valence-corrected chi connectivity index (χ4v) is 1.77. The summed E-state index contributed by atoms with van der Waals surface area (Å²) < 4.78 is 0. The van der Waals surface area contributed by atoms with Crippen molar-refractivity contribution < 1.29 is 4.79 Å². The topological polar surface area (TPSA) is 29.1 Å². The molecule has 0 heterocycles. The second-order valence-corrected chi connectivity index (χ2v) is 4.18. The maximum absolute atomic E-state index is 12.3. The van der Waals surface area contributed by atoms with E-state index in [1.54, 1.807) is 6.08 Å². The molecule has 0 saturated carbocycles. The Bertz CT molecular complexity index is 561. The quantitative estimate of drug-likeness (QED) is 0.609. The van der Waals surface area contributed by atoms with Gasteiger partial charge in [-0.05, 0) is 26.0 Å². The van der Waals surface area contributed by atoms with Crippen molar-refractivity contribution in [3.63, 3.8) is 0 Å². The fourth-order valence-electron chi connectivity index (χ4n) is 1.77. The van der Waals surface area contributed by atoms with Crippen molar-refractivity contribution in [3.8, 4) is 0 Å². The second kappa shape index (κ2) is 12.2. The van der Waals surface area contributed by atoms with Crippen LogP contribution in [0.4, 0.5) is 5.69 Å². The van der Waals surface area contributed by atoms with Crippen LogP contribution >= 0.6 is 0 Å². The number of anilines is 1. The van der Waals surface area contributed by atoms with Crippen LogP contribution in [0.5, 0.6) is 0 Å². The predicted octanol–water partition coefficient (Wildman–Crippen LogP) is 5.34. The summed E-state index contributed by atoms with van der Waals surface area (Å²) in [6.07, 6.45) is 1.75. The maximum Gasteiger partial charge on any atom is 0.195 e. The Hall–Kier alpha value is -2.61. The number of para-hydroxylation sites is 1. The molecule has 0 aromatic heterocycles. The highest BCUT2D eigenvalue weighted by atomic mass is 16.1. The van der Waals surface area contributed by atoms with Gasteiger partial charge in [-0.25, -0.2) is 0 Å². The summed E-state index contributed by atoms with van der Waals surface area (Å²) in [5.74, 6) is 0.0575. The zero-order valence-electron chi connectivity index (χ0n) is 13.5. The van der Waals surface area contributed by atoms with E-state index in [1.807, 2.05) is 68.4 Å². The molecule has 0 bridgehead atoms.